The fourth-order valence-corrected chi connectivity index (χ4v) is 6.23. The third-order valence-electron chi connectivity index (χ3n) is 7.07. The van der Waals surface area contributed by atoms with Crippen molar-refractivity contribution in [1.29, 1.82) is 0 Å². The molecule has 33 heavy (non-hydrogen) atoms. The van der Waals surface area contributed by atoms with E-state index in [1.165, 1.54) is 55.8 Å². The molecule has 1 atom stereocenters. The van der Waals surface area contributed by atoms with Gasteiger partial charge in [-0.1, -0.05) is 13.0 Å². The lowest BCUT2D eigenvalue weighted by Gasteiger charge is -2.36. The lowest BCUT2D eigenvalue weighted by atomic mass is 9.83. The van der Waals surface area contributed by atoms with Crippen molar-refractivity contribution in [2.45, 2.75) is 76.8 Å². The molecular weight excluding hydrogens is 430 g/mol. The Morgan fingerprint density at radius 2 is 2.09 bits per heavy atom. The summed E-state index contributed by atoms with van der Waals surface area (Å²) < 4.78 is 0. The van der Waals surface area contributed by atoms with Gasteiger partial charge in [0.25, 0.3) is 0 Å². The number of carbonyl (C=O) groups is 1. The molecule has 0 aliphatic heterocycles. The smallest absolute Gasteiger partial charge is 0.244 e. The number of thiazole rings is 1. The highest BCUT2D eigenvalue weighted by Crippen LogP contribution is 2.32. The number of nitrogens with two attached hydrogens (primary N) is 1. The molecule has 1 fully saturated rings. The van der Waals surface area contributed by atoms with Crippen molar-refractivity contribution >= 4 is 28.5 Å². The van der Waals surface area contributed by atoms with Crippen LogP contribution < -0.4 is 11.1 Å². The molecule has 0 saturated heterocycles. The fourth-order valence-electron chi connectivity index (χ4n) is 5.28. The quantitative estimate of drug-likeness (QED) is 0.532. The Bertz CT molecular complexity index is 920. The molecule has 1 unspecified atom stereocenters. The highest BCUT2D eigenvalue weighted by atomic mass is 32.1. The second-order valence-electron chi connectivity index (χ2n) is 9.46. The van der Waals surface area contributed by atoms with E-state index < -0.39 is 0 Å². The Balaban J connectivity index is 1.19. The minimum atomic E-state index is -0.0152. The van der Waals surface area contributed by atoms with Gasteiger partial charge in [-0.3, -0.25) is 9.78 Å². The first-order valence-corrected chi connectivity index (χ1v) is 13.3. The predicted octanol–water partition coefficient (Wildman–Crippen LogP) is 4.47. The number of hydrogen-bond acceptors (Lipinski definition) is 6. The van der Waals surface area contributed by atoms with Gasteiger partial charge in [-0.25, -0.2) is 4.98 Å². The summed E-state index contributed by atoms with van der Waals surface area (Å²) in [6.07, 6.45) is 15.5. The van der Waals surface area contributed by atoms with Crippen molar-refractivity contribution in [2.24, 2.45) is 5.92 Å². The van der Waals surface area contributed by atoms with Crippen molar-refractivity contribution in [3.63, 3.8) is 0 Å². The second kappa shape index (κ2) is 11.7. The summed E-state index contributed by atoms with van der Waals surface area (Å²) in [5.41, 5.74) is 7.98. The van der Waals surface area contributed by atoms with E-state index in [0.29, 0.717) is 12.1 Å². The normalized spacial score (nSPS) is 23.0. The Labute approximate surface area is 201 Å². The van der Waals surface area contributed by atoms with Gasteiger partial charge in [-0.2, -0.15) is 0 Å². The van der Waals surface area contributed by atoms with Gasteiger partial charge in [-0.15, -0.1) is 11.3 Å². The van der Waals surface area contributed by atoms with E-state index in [0.717, 1.165) is 42.4 Å². The first kappa shape index (κ1) is 23.9. The molecule has 0 radical (unpaired) electrons. The van der Waals surface area contributed by atoms with Gasteiger partial charge in [0.2, 0.25) is 5.91 Å². The van der Waals surface area contributed by atoms with Crippen molar-refractivity contribution in [3.05, 3.63) is 46.7 Å². The average molecular weight is 468 g/mol. The topological polar surface area (TPSA) is 84.1 Å². The Kier molecular flexibility index (Phi) is 8.51. The molecule has 1 amide bonds. The zero-order chi connectivity index (χ0) is 23.0. The number of anilines is 1. The van der Waals surface area contributed by atoms with E-state index in [9.17, 15) is 4.79 Å². The molecule has 2 aliphatic carbocycles. The van der Waals surface area contributed by atoms with E-state index in [1.807, 2.05) is 18.2 Å². The summed E-state index contributed by atoms with van der Waals surface area (Å²) in [5.74, 6) is 0.748. The molecule has 2 aliphatic rings. The number of pyridine rings is 1. The van der Waals surface area contributed by atoms with E-state index in [2.05, 4.69) is 27.1 Å². The van der Waals surface area contributed by atoms with Crippen LogP contribution in [0.5, 0.6) is 0 Å². The maximum atomic E-state index is 12.3. The number of fused-ring (bicyclic) bond motifs is 1. The van der Waals surface area contributed by atoms with Crippen molar-refractivity contribution in [1.82, 2.24) is 20.2 Å². The summed E-state index contributed by atoms with van der Waals surface area (Å²) in [6, 6.07) is 6.62. The lowest BCUT2D eigenvalue weighted by molar-refractivity contribution is -0.117. The zero-order valence-electron chi connectivity index (χ0n) is 19.7. The van der Waals surface area contributed by atoms with Gasteiger partial charge in [0.1, 0.15) is 0 Å². The van der Waals surface area contributed by atoms with Crippen LogP contribution in [0.4, 0.5) is 5.13 Å². The molecular formula is C26H37N5OS. The fraction of sp³-hybridized carbons (Fsp3) is 0.577. The average Bonchev–Trinajstić information content (AvgIpc) is 3.21. The first-order chi connectivity index (χ1) is 16.1. The standard InChI is InChI=1S/C26H37N5OS/c1-2-16-31(22-11-12-23-24(18-22)33-26(27)30-23)17-14-19-6-8-21(9-7-19)29-25(32)13-10-20-5-3-4-15-28-20/h3-5,10,13,15,19,21-22H,2,6-9,11-12,14,16-18H2,1H3,(H2,27,30)(H,29,32). The van der Waals surface area contributed by atoms with Crippen LogP contribution in [-0.4, -0.2) is 45.9 Å². The minimum Gasteiger partial charge on any atom is -0.375 e. The number of carbonyl (C=O) groups excluding carboxylic acids is 1. The van der Waals surface area contributed by atoms with Gasteiger partial charge < -0.3 is 16.0 Å². The Morgan fingerprint density at radius 3 is 2.85 bits per heavy atom. The number of hydrogen-bond donors (Lipinski definition) is 2. The number of nitrogens with zero attached hydrogens (tertiary/aromatic N) is 3. The Morgan fingerprint density at radius 1 is 1.24 bits per heavy atom. The number of aryl methyl sites for hydroxylation is 1. The number of nitrogens with one attached hydrogen (secondary N) is 1. The van der Waals surface area contributed by atoms with Crippen LogP contribution in [0.25, 0.3) is 6.08 Å². The third-order valence-corrected chi connectivity index (χ3v) is 8.02. The van der Waals surface area contributed by atoms with Gasteiger partial charge >= 0.3 is 0 Å². The number of amides is 1. The van der Waals surface area contributed by atoms with Crippen LogP contribution in [-0.2, 0) is 17.6 Å². The SMILES string of the molecule is CCCN(CCC1CCC(NC(=O)C=Cc2ccccn2)CC1)C1CCc2nc(N)sc2C1. The molecule has 0 aromatic carbocycles. The molecule has 2 heterocycles. The lowest BCUT2D eigenvalue weighted by Crippen LogP contribution is -2.41. The van der Waals surface area contributed by atoms with Crippen molar-refractivity contribution < 1.29 is 4.79 Å². The van der Waals surface area contributed by atoms with Crippen LogP contribution in [0.3, 0.4) is 0 Å². The predicted molar refractivity (Wildman–Crippen MR) is 136 cm³/mol. The summed E-state index contributed by atoms with van der Waals surface area (Å²) in [6.45, 7) is 4.63. The van der Waals surface area contributed by atoms with Gasteiger partial charge in [0.05, 0.1) is 11.4 Å². The van der Waals surface area contributed by atoms with Crippen molar-refractivity contribution in [2.75, 3.05) is 18.8 Å². The Hall–Kier alpha value is -2.25. The summed E-state index contributed by atoms with van der Waals surface area (Å²) >= 11 is 1.68. The molecule has 178 valence electrons. The van der Waals surface area contributed by atoms with Crippen LogP contribution in [0.15, 0.2) is 30.5 Å². The van der Waals surface area contributed by atoms with Crippen LogP contribution in [0.1, 0.15) is 68.1 Å². The van der Waals surface area contributed by atoms with Gasteiger partial charge in [0, 0.05) is 29.2 Å². The largest absolute Gasteiger partial charge is 0.375 e. The first-order valence-electron chi connectivity index (χ1n) is 12.5. The minimum absolute atomic E-state index is 0.0152. The highest BCUT2D eigenvalue weighted by molar-refractivity contribution is 7.15. The second-order valence-corrected chi connectivity index (χ2v) is 10.6. The number of nitrogen functional groups attached to an aromatic ring is 1. The van der Waals surface area contributed by atoms with Crippen LogP contribution in [0, 0.1) is 5.92 Å². The molecule has 3 N–H and O–H groups in total. The molecule has 1 saturated carbocycles. The zero-order valence-corrected chi connectivity index (χ0v) is 20.5. The van der Waals surface area contributed by atoms with Crippen LogP contribution in [0.2, 0.25) is 0 Å². The maximum Gasteiger partial charge on any atom is 0.244 e. The number of aromatic nitrogens is 2. The molecule has 4 rings (SSSR count). The highest BCUT2D eigenvalue weighted by Gasteiger charge is 2.28. The molecule has 6 nitrogen and oxygen atoms in total. The molecule has 0 spiro atoms. The monoisotopic (exact) mass is 467 g/mol. The van der Waals surface area contributed by atoms with Gasteiger partial charge in [0.15, 0.2) is 5.13 Å². The van der Waals surface area contributed by atoms with Gasteiger partial charge in [-0.05, 0) is 95.0 Å². The summed E-state index contributed by atoms with van der Waals surface area (Å²) in [4.78, 5) is 25.1. The number of rotatable bonds is 9. The van der Waals surface area contributed by atoms with Crippen LogP contribution >= 0.6 is 11.3 Å². The molecule has 0 bridgehead atoms. The van der Waals surface area contributed by atoms with E-state index >= 15 is 0 Å². The van der Waals surface area contributed by atoms with Crippen molar-refractivity contribution in [3.8, 4) is 0 Å². The summed E-state index contributed by atoms with van der Waals surface area (Å²) in [5, 5.41) is 3.90. The maximum absolute atomic E-state index is 12.3. The molecule has 7 heteroatoms. The van der Waals surface area contributed by atoms with E-state index in [4.69, 9.17) is 5.73 Å². The molecule has 2 aromatic rings. The van der Waals surface area contributed by atoms with E-state index in [-0.39, 0.29) is 5.91 Å². The summed E-state index contributed by atoms with van der Waals surface area (Å²) in [7, 11) is 0. The third kappa shape index (κ3) is 6.87. The molecule has 2 aromatic heterocycles. The van der Waals surface area contributed by atoms with E-state index in [1.54, 1.807) is 29.7 Å².